The first-order chi connectivity index (χ1) is 31.7. The van der Waals surface area contributed by atoms with Gasteiger partial charge in [0, 0.05) is 56.7 Å². The van der Waals surface area contributed by atoms with Gasteiger partial charge in [0.25, 0.3) is 0 Å². The molecular weight excluding hydrogens is 954 g/mol. The fourth-order valence-electron chi connectivity index (χ4n) is 9.28. The van der Waals surface area contributed by atoms with E-state index in [4.69, 9.17) is 63.0 Å². The number of hydrogen-bond acceptors (Lipinski definition) is 2. The maximum absolute atomic E-state index is 5.53. The van der Waals surface area contributed by atoms with E-state index in [0.29, 0.717) is 0 Å². The van der Waals surface area contributed by atoms with Crippen LogP contribution in [-0.4, -0.2) is 28.7 Å². The van der Waals surface area contributed by atoms with Crippen LogP contribution < -0.4 is 9.47 Å². The van der Waals surface area contributed by atoms with E-state index in [2.05, 4.69) is 181 Å². The Morgan fingerprint density at radius 2 is 0.800 bits per heavy atom. The van der Waals surface area contributed by atoms with E-state index in [0.717, 1.165) is 30.2 Å². The Bertz CT molecular complexity index is 3450. The first kappa shape index (κ1) is 46.5. The summed E-state index contributed by atoms with van der Waals surface area (Å²) in [6, 6.07) is 61.0. The summed E-state index contributed by atoms with van der Waals surface area (Å²) in [6.07, 6.45) is 0. The number of hydrogen-bond donors (Lipinski definition) is 0. The molecule has 10 heteroatoms. The van der Waals surface area contributed by atoms with E-state index < -0.39 is 11.2 Å². The van der Waals surface area contributed by atoms with Crippen molar-refractivity contribution < 1.29 is 20.6 Å². The molecule has 9 aromatic carbocycles. The number of para-hydroxylation sites is 2. The van der Waals surface area contributed by atoms with Gasteiger partial charge in [-0.2, -0.15) is 0 Å². The van der Waals surface area contributed by atoms with E-state index in [-0.39, 0.29) is 5.34 Å². The molecule has 0 aliphatic rings. The predicted octanol–water partition coefficient (Wildman–Crippen LogP) is 17.9. The molecule has 65 heavy (non-hydrogen) atoms. The minimum atomic E-state index is -1.33. The van der Waals surface area contributed by atoms with Crippen LogP contribution >= 0.6 is 53.5 Å². The Labute approximate surface area is 406 Å². The molecule has 11 aromatic rings. The molecule has 0 aliphatic heterocycles. The third kappa shape index (κ3) is 9.35. The molecule has 331 valence electrons. The van der Waals surface area contributed by atoms with Crippen molar-refractivity contribution in [2.45, 2.75) is 26.9 Å². The first-order valence-corrected chi connectivity index (χ1v) is 26.7. The van der Waals surface area contributed by atoms with Gasteiger partial charge in [-0.1, -0.05) is 115 Å². The average molecular weight is 1000 g/mol. The van der Waals surface area contributed by atoms with Crippen molar-refractivity contribution in [1.29, 1.82) is 0 Å². The Morgan fingerprint density at radius 3 is 1.37 bits per heavy atom. The summed E-state index contributed by atoms with van der Waals surface area (Å²) < 4.78 is 15.8. The Balaban J connectivity index is 0.000000155. The van der Waals surface area contributed by atoms with E-state index >= 15 is 0 Å². The van der Waals surface area contributed by atoms with E-state index in [1.165, 1.54) is 92.6 Å². The number of alkyl halides is 2. The number of fused-ring (bicyclic) bond motifs is 12. The monoisotopic (exact) mass is 997 g/mol. The predicted molar refractivity (Wildman–Crippen MR) is 281 cm³/mol. The molecular formula is C55H46Cl5FeN2O2. The van der Waals surface area contributed by atoms with Gasteiger partial charge < -0.3 is 18.6 Å². The van der Waals surface area contributed by atoms with Crippen LogP contribution in [0.25, 0.3) is 98.2 Å². The van der Waals surface area contributed by atoms with Crippen molar-refractivity contribution in [3.05, 3.63) is 170 Å². The van der Waals surface area contributed by atoms with Gasteiger partial charge in [-0.15, -0.1) is 23.2 Å². The van der Waals surface area contributed by atoms with Crippen LogP contribution in [0.2, 0.25) is 0 Å². The summed E-state index contributed by atoms with van der Waals surface area (Å²) in [7, 11) is 18.1. The van der Waals surface area contributed by atoms with Crippen molar-refractivity contribution in [2.24, 2.45) is 0 Å². The maximum atomic E-state index is 5.53. The molecule has 0 atom stereocenters. The summed E-state index contributed by atoms with van der Waals surface area (Å²) in [5.74, 6) is 1.77. The number of methoxy groups -OCH3 is 2. The van der Waals surface area contributed by atoms with Crippen molar-refractivity contribution >= 4 is 129 Å². The summed E-state index contributed by atoms with van der Waals surface area (Å²) in [5, 5.41) is 13.1. The number of nitrogens with zero attached hydrogens (tertiary/aromatic N) is 2. The van der Waals surface area contributed by atoms with Crippen molar-refractivity contribution in [3.8, 4) is 33.8 Å². The molecule has 0 radical (unpaired) electrons. The van der Waals surface area contributed by atoms with Gasteiger partial charge in [0.1, 0.15) is 11.5 Å². The SMILES string of the molecule is CCn1c2ccccc2c2cc3c4ccc(OC)cc4c4ccccc4c3cc21.CCn1c2ccccc2c2ccc(-c3ccccc3-c3cccc(OC)c3)cc21.ClCCl.[Cl][Fe]([Cl])[Cl]. The fourth-order valence-corrected chi connectivity index (χ4v) is 9.28. The van der Waals surface area contributed by atoms with Gasteiger partial charge in [0.2, 0.25) is 0 Å². The van der Waals surface area contributed by atoms with Gasteiger partial charge in [-0.05, 0) is 123 Å². The molecule has 4 nitrogen and oxygen atoms in total. The van der Waals surface area contributed by atoms with Crippen LogP contribution in [0.3, 0.4) is 0 Å². The number of aryl methyl sites for hydroxylation is 2. The normalized spacial score (nSPS) is 11.3. The van der Waals surface area contributed by atoms with Crippen LogP contribution in [-0.2, 0) is 24.3 Å². The van der Waals surface area contributed by atoms with Crippen molar-refractivity contribution in [1.82, 2.24) is 9.13 Å². The number of aromatic nitrogens is 2. The molecule has 0 N–H and O–H groups in total. The average Bonchev–Trinajstić information content (AvgIpc) is 3.84. The second-order valence-electron chi connectivity index (χ2n) is 15.2. The molecule has 0 fully saturated rings. The van der Waals surface area contributed by atoms with Crippen LogP contribution in [0.1, 0.15) is 13.8 Å². The van der Waals surface area contributed by atoms with E-state index in [9.17, 15) is 0 Å². The molecule has 11 rings (SSSR count). The third-order valence-corrected chi connectivity index (χ3v) is 12.0. The van der Waals surface area contributed by atoms with Crippen molar-refractivity contribution in [3.63, 3.8) is 0 Å². The molecule has 0 spiro atoms. The number of rotatable bonds is 6. The summed E-state index contributed by atoms with van der Waals surface area (Å²) in [4.78, 5) is 0. The Hall–Kier alpha value is -5.07. The summed E-state index contributed by atoms with van der Waals surface area (Å²) in [6.45, 7) is 6.34. The van der Waals surface area contributed by atoms with E-state index in [1.807, 2.05) is 12.1 Å². The number of benzene rings is 9. The third-order valence-electron chi connectivity index (χ3n) is 12.0. The van der Waals surface area contributed by atoms with Gasteiger partial charge in [0.05, 0.1) is 19.6 Å². The fraction of sp³-hybridized carbons (Fsp3) is 0.127. The summed E-state index contributed by atoms with van der Waals surface area (Å²) in [5.41, 5.74) is 10.0. The molecule has 2 heterocycles. The molecule has 2 aromatic heterocycles. The molecule has 0 bridgehead atoms. The molecule has 0 saturated carbocycles. The van der Waals surface area contributed by atoms with Crippen molar-refractivity contribution in [2.75, 3.05) is 19.6 Å². The first-order valence-electron chi connectivity index (χ1n) is 21.1. The summed E-state index contributed by atoms with van der Waals surface area (Å²) >= 11 is 8.19. The second-order valence-corrected chi connectivity index (χ2v) is 21.4. The van der Waals surface area contributed by atoms with Gasteiger partial charge in [0.15, 0.2) is 0 Å². The van der Waals surface area contributed by atoms with Gasteiger partial charge in [-0.25, -0.2) is 0 Å². The molecule has 0 unspecified atom stereocenters. The zero-order valence-electron chi connectivity index (χ0n) is 36.2. The van der Waals surface area contributed by atoms with Crippen LogP contribution in [0.4, 0.5) is 0 Å². The zero-order chi connectivity index (χ0) is 45.6. The van der Waals surface area contributed by atoms with Gasteiger partial charge in [-0.3, -0.25) is 0 Å². The Kier molecular flexibility index (Phi) is 15.0. The van der Waals surface area contributed by atoms with Gasteiger partial charge >= 0.3 is 41.5 Å². The quantitative estimate of drug-likeness (QED) is 0.0943. The zero-order valence-corrected chi connectivity index (χ0v) is 41.1. The topological polar surface area (TPSA) is 28.3 Å². The number of halogens is 5. The van der Waals surface area contributed by atoms with Crippen LogP contribution in [0.15, 0.2) is 170 Å². The minimum absolute atomic E-state index is 0.194. The molecule has 0 aliphatic carbocycles. The Morgan fingerprint density at radius 1 is 0.385 bits per heavy atom. The van der Waals surface area contributed by atoms with Crippen LogP contribution in [0.5, 0.6) is 11.5 Å². The van der Waals surface area contributed by atoms with E-state index in [1.54, 1.807) is 14.2 Å². The van der Waals surface area contributed by atoms with Crippen LogP contribution in [0, 0.1) is 0 Å². The molecule has 0 amide bonds. The standard InChI is InChI=1S/C27H21NO.C27H23NO.CH2Cl2.3ClH.Fe/c1-3-28-26-11-7-6-10-21(26)25-15-23-20-13-12-17(29-2)14-22(20)18-8-4-5-9-19(18)24(23)16-27(25)28;1-3-28-26-14-7-6-13-24(26)25-16-15-20(18-27(25)28)23-12-5-4-11-22(23)19-9-8-10-21(17-19)29-2;2-1-3;;;;/h4-16H,3H2,1-2H3;4-18H,3H2,1-2H3;1H2;3*1H;/q;;;;;;+3/p-3. The molecule has 0 saturated heterocycles. The number of ether oxygens (including phenoxy) is 2. The second kappa shape index (κ2) is 21.0.